The minimum atomic E-state index is -3.61. The van der Waals surface area contributed by atoms with E-state index in [1.807, 2.05) is 39.3 Å². The fourth-order valence-corrected chi connectivity index (χ4v) is 20.7. The Morgan fingerprint density at radius 2 is 1.00 bits per heavy atom. The third-order valence-corrected chi connectivity index (χ3v) is 21.0. The lowest BCUT2D eigenvalue weighted by Gasteiger charge is -2.45. The molecule has 0 rings (SSSR count). The van der Waals surface area contributed by atoms with Gasteiger partial charge >= 0.3 is 32.7 Å². The summed E-state index contributed by atoms with van der Waals surface area (Å²) in [4.78, 5) is 45.5. The Morgan fingerprint density at radius 3 is 1.30 bits per heavy atom. The predicted molar refractivity (Wildman–Crippen MR) is 148 cm³/mol. The van der Waals surface area contributed by atoms with Crippen LogP contribution < -0.4 is 0 Å². The van der Waals surface area contributed by atoms with Crippen molar-refractivity contribution in [2.75, 3.05) is 6.61 Å². The molecule has 0 heterocycles. The average molecular weight is 597 g/mol. The fourth-order valence-electron chi connectivity index (χ4n) is 3.50. The van der Waals surface area contributed by atoms with Gasteiger partial charge in [0.2, 0.25) is 0 Å². The number of rotatable bonds is 20. The van der Waals surface area contributed by atoms with E-state index in [2.05, 4.69) is 0 Å². The number of allylic oxidation sites excluding steroid dienone is 1. The first-order chi connectivity index (χ1) is 16.8. The van der Waals surface area contributed by atoms with Gasteiger partial charge in [-0.3, -0.25) is 14.4 Å². The molecule has 0 spiro atoms. The van der Waals surface area contributed by atoms with E-state index in [0.29, 0.717) is 24.6 Å². The van der Waals surface area contributed by atoms with E-state index in [0.717, 1.165) is 0 Å². The van der Waals surface area contributed by atoms with Gasteiger partial charge < -0.3 is 32.4 Å². The molecule has 0 fully saturated rings. The standard InChI is InChI=1S/C22H44O11Si4/c1-8-10-22(29)30-14-9-15-37(31-34(2,3)16-11-19(23)24,32-35(4,5)17-12-20(25)26)33-36(6,7)18-13-21(27)28/h8,10H,9,11-18H2,1-7H3,(H,23,24)(H,25,26)(H,27,28). The monoisotopic (exact) mass is 596 g/mol. The third kappa shape index (κ3) is 17.5. The smallest absolute Gasteiger partial charge is 0.469 e. The first kappa shape index (κ1) is 35.4. The second kappa shape index (κ2) is 15.7. The summed E-state index contributed by atoms with van der Waals surface area (Å²) in [6, 6.07) is 1.21. The fraction of sp³-hybridized carbons (Fsp3) is 0.727. The Balaban J connectivity index is 6.24. The van der Waals surface area contributed by atoms with Crippen LogP contribution in [0.2, 0.25) is 63.5 Å². The molecule has 0 saturated carbocycles. The van der Waals surface area contributed by atoms with Gasteiger partial charge in [-0.15, -0.1) is 0 Å². The lowest BCUT2D eigenvalue weighted by molar-refractivity contribution is -0.138. The van der Waals surface area contributed by atoms with Crippen LogP contribution in [0.3, 0.4) is 0 Å². The minimum absolute atomic E-state index is 0.0790. The normalized spacial score (nSPS) is 13.1. The molecule has 0 bridgehead atoms. The summed E-state index contributed by atoms with van der Waals surface area (Å²) in [5.74, 6) is -3.31. The van der Waals surface area contributed by atoms with Crippen molar-refractivity contribution in [3.63, 3.8) is 0 Å². The highest BCUT2D eigenvalue weighted by molar-refractivity contribution is 6.90. The minimum Gasteiger partial charge on any atom is -0.481 e. The summed E-state index contributed by atoms with van der Waals surface area (Å²) >= 11 is 0. The Labute approximate surface area is 223 Å². The molecule has 0 aliphatic heterocycles. The van der Waals surface area contributed by atoms with Gasteiger partial charge in [0.05, 0.1) is 6.61 Å². The van der Waals surface area contributed by atoms with E-state index < -0.39 is 57.6 Å². The lowest BCUT2D eigenvalue weighted by Crippen LogP contribution is -2.62. The number of carbonyl (C=O) groups excluding carboxylic acids is 1. The van der Waals surface area contributed by atoms with Crippen LogP contribution in [0, 0.1) is 0 Å². The molecule has 0 aromatic heterocycles. The van der Waals surface area contributed by atoms with Crippen LogP contribution in [0.4, 0.5) is 0 Å². The van der Waals surface area contributed by atoms with E-state index in [-0.39, 0.29) is 31.9 Å². The maximum atomic E-state index is 11.8. The molecule has 0 aromatic carbocycles. The third-order valence-electron chi connectivity index (χ3n) is 5.29. The van der Waals surface area contributed by atoms with Crippen molar-refractivity contribution < 1.29 is 51.6 Å². The van der Waals surface area contributed by atoms with Crippen molar-refractivity contribution in [2.45, 2.75) is 96.1 Å². The molecule has 3 N–H and O–H groups in total. The van der Waals surface area contributed by atoms with Crippen LogP contribution in [0.5, 0.6) is 0 Å². The molecule has 214 valence electrons. The van der Waals surface area contributed by atoms with Crippen LogP contribution in [-0.4, -0.2) is 79.6 Å². The van der Waals surface area contributed by atoms with E-state index >= 15 is 0 Å². The molecule has 37 heavy (non-hydrogen) atoms. The van der Waals surface area contributed by atoms with Crippen LogP contribution in [0.15, 0.2) is 12.2 Å². The van der Waals surface area contributed by atoms with Gasteiger partial charge in [-0.2, -0.15) is 0 Å². The summed E-state index contributed by atoms with van der Waals surface area (Å²) < 4.78 is 25.4. The summed E-state index contributed by atoms with van der Waals surface area (Å²) in [6.45, 7) is 13.1. The molecule has 0 saturated heterocycles. The molecule has 0 amide bonds. The van der Waals surface area contributed by atoms with Gasteiger partial charge in [0, 0.05) is 31.4 Å². The SMILES string of the molecule is CC=CC(=O)OCCC[Si](O[Si](C)(C)CCC(=O)O)(O[Si](C)(C)CCC(=O)O)O[Si](C)(C)CCC(=O)O. The molecule has 15 heteroatoms. The highest BCUT2D eigenvalue weighted by Gasteiger charge is 2.52. The molecule has 0 aliphatic rings. The van der Waals surface area contributed by atoms with E-state index in [4.69, 9.17) is 17.1 Å². The topological polar surface area (TPSA) is 166 Å². The van der Waals surface area contributed by atoms with Crippen molar-refractivity contribution in [1.29, 1.82) is 0 Å². The van der Waals surface area contributed by atoms with Crippen LogP contribution in [0.1, 0.15) is 32.6 Å². The quantitative estimate of drug-likeness (QED) is 0.0782. The number of hydrogen-bond donors (Lipinski definition) is 3. The molecule has 0 aromatic rings. The molecule has 0 aliphatic carbocycles. The lowest BCUT2D eigenvalue weighted by atomic mass is 10.5. The van der Waals surface area contributed by atoms with Gasteiger partial charge in [-0.25, -0.2) is 4.79 Å². The zero-order chi connectivity index (χ0) is 28.9. The predicted octanol–water partition coefficient (Wildman–Crippen LogP) is 4.52. The van der Waals surface area contributed by atoms with Crippen molar-refractivity contribution in [3.05, 3.63) is 12.2 Å². The zero-order valence-electron chi connectivity index (χ0n) is 23.1. The molecular weight excluding hydrogens is 553 g/mol. The van der Waals surface area contributed by atoms with Crippen molar-refractivity contribution in [1.82, 2.24) is 0 Å². The summed E-state index contributed by atoms with van der Waals surface area (Å²) in [5.41, 5.74) is 0. The number of esters is 1. The summed E-state index contributed by atoms with van der Waals surface area (Å²) in [5, 5.41) is 27.7. The van der Waals surface area contributed by atoms with Crippen LogP contribution in [-0.2, 0) is 36.3 Å². The number of hydrogen-bond acceptors (Lipinski definition) is 8. The Hall–Kier alpha value is -1.63. The Morgan fingerprint density at radius 1 is 0.649 bits per heavy atom. The second-order valence-electron chi connectivity index (χ2n) is 10.7. The van der Waals surface area contributed by atoms with Crippen LogP contribution in [0.25, 0.3) is 0 Å². The average Bonchev–Trinajstić information content (AvgIpc) is 2.72. The van der Waals surface area contributed by atoms with Gasteiger partial charge in [0.15, 0.2) is 25.0 Å². The summed E-state index contributed by atoms with van der Waals surface area (Å²) in [7, 11) is -11.6. The number of carboxylic acid groups (broad SMARTS) is 3. The van der Waals surface area contributed by atoms with Crippen molar-refractivity contribution in [2.24, 2.45) is 0 Å². The molecule has 0 radical (unpaired) electrons. The molecule has 0 atom stereocenters. The van der Waals surface area contributed by atoms with Gasteiger partial charge in [0.25, 0.3) is 0 Å². The molecular formula is C22H44O11Si4. The van der Waals surface area contributed by atoms with E-state index in [1.165, 1.54) is 6.08 Å². The van der Waals surface area contributed by atoms with Gasteiger partial charge in [-0.1, -0.05) is 6.08 Å². The maximum absolute atomic E-state index is 11.8. The van der Waals surface area contributed by atoms with E-state index in [1.54, 1.807) is 13.0 Å². The largest absolute Gasteiger partial charge is 0.481 e. The Kier molecular flexibility index (Phi) is 15.0. The maximum Gasteiger partial charge on any atom is 0.469 e. The Bertz CT molecular complexity index is 734. The number of carboxylic acids is 3. The zero-order valence-corrected chi connectivity index (χ0v) is 27.1. The first-order valence-electron chi connectivity index (χ1n) is 12.4. The highest BCUT2D eigenvalue weighted by Crippen LogP contribution is 2.34. The summed E-state index contributed by atoms with van der Waals surface area (Å²) in [6.07, 6.45) is 2.99. The number of carbonyl (C=O) groups is 4. The number of ether oxygens (including phenoxy) is 1. The van der Waals surface area contributed by atoms with Crippen molar-refractivity contribution >= 4 is 57.6 Å². The molecule has 11 nitrogen and oxygen atoms in total. The second-order valence-corrected chi connectivity index (χ2v) is 27.1. The number of aliphatic carboxylic acids is 3. The van der Waals surface area contributed by atoms with Crippen LogP contribution >= 0.6 is 0 Å². The van der Waals surface area contributed by atoms with Gasteiger partial charge in [0.1, 0.15) is 0 Å². The van der Waals surface area contributed by atoms with E-state index in [9.17, 15) is 34.5 Å². The highest BCUT2D eigenvalue weighted by atomic mass is 28.5. The molecule has 0 unspecified atom stereocenters. The van der Waals surface area contributed by atoms with Crippen molar-refractivity contribution in [3.8, 4) is 0 Å². The van der Waals surface area contributed by atoms with Gasteiger partial charge in [-0.05, 0) is 70.8 Å². The first-order valence-corrected chi connectivity index (χ1v) is 23.7.